The van der Waals surface area contributed by atoms with Crippen LogP contribution in [0.25, 0.3) is 0 Å². The smallest absolute Gasteiger partial charge is 0.156 e. The van der Waals surface area contributed by atoms with Gasteiger partial charge in [-0.25, -0.2) is 0 Å². The highest BCUT2D eigenvalue weighted by Crippen LogP contribution is 2.07. The monoisotopic (exact) mass is 221 g/mol. The minimum absolute atomic E-state index is 0.0600. The lowest BCUT2D eigenvalue weighted by molar-refractivity contribution is 0.246. The molecule has 88 valence electrons. The van der Waals surface area contributed by atoms with Crippen LogP contribution in [0.3, 0.4) is 0 Å². The number of benzene rings is 1. The molecular weight excluding hydrogens is 202 g/mol. The summed E-state index contributed by atoms with van der Waals surface area (Å²) in [5.41, 5.74) is 6.83. The number of nitrogens with two attached hydrogens (primary N) is 1. The first kappa shape index (κ1) is 12.5. The third kappa shape index (κ3) is 3.24. The lowest BCUT2D eigenvalue weighted by Gasteiger charge is -2.26. The molecule has 1 unspecified atom stereocenters. The summed E-state index contributed by atoms with van der Waals surface area (Å²) < 4.78 is 0. The highest BCUT2D eigenvalue weighted by Gasteiger charge is 2.16. The van der Waals surface area contributed by atoms with E-state index < -0.39 is 0 Å². The Labute approximate surface area is 96.4 Å². The molecule has 0 saturated carbocycles. The number of oxime groups is 1. The molecule has 0 aliphatic rings. The standard InChI is InChI=1S/C12H19N3O/c1-3-15(10(2)12(13)14-16)9-11-7-5-4-6-8-11/h4-8,10,16H,3,9H2,1-2H3,(H2,13,14). The maximum absolute atomic E-state index is 8.65. The van der Waals surface area contributed by atoms with E-state index in [2.05, 4.69) is 29.1 Å². The normalized spacial score (nSPS) is 14.1. The van der Waals surface area contributed by atoms with Crippen LogP contribution in [-0.4, -0.2) is 28.5 Å². The number of nitrogens with zero attached hydrogens (tertiary/aromatic N) is 2. The van der Waals surface area contributed by atoms with E-state index in [-0.39, 0.29) is 11.9 Å². The SMILES string of the molecule is CCN(Cc1ccccc1)C(C)C(N)=NO. The summed E-state index contributed by atoms with van der Waals surface area (Å²) in [5, 5.41) is 11.7. The zero-order chi connectivity index (χ0) is 12.0. The molecule has 1 rings (SSSR count). The average molecular weight is 221 g/mol. The van der Waals surface area contributed by atoms with E-state index in [0.29, 0.717) is 0 Å². The Hall–Kier alpha value is -1.55. The highest BCUT2D eigenvalue weighted by atomic mass is 16.4. The topological polar surface area (TPSA) is 61.8 Å². The van der Waals surface area contributed by atoms with Crippen molar-refractivity contribution in [1.29, 1.82) is 0 Å². The molecule has 1 aromatic carbocycles. The lowest BCUT2D eigenvalue weighted by Crippen LogP contribution is -2.42. The molecule has 1 aromatic rings. The second-order valence-electron chi connectivity index (χ2n) is 3.75. The van der Waals surface area contributed by atoms with Gasteiger partial charge in [0.25, 0.3) is 0 Å². The van der Waals surface area contributed by atoms with Crippen molar-refractivity contribution in [1.82, 2.24) is 4.90 Å². The van der Waals surface area contributed by atoms with E-state index in [1.807, 2.05) is 25.1 Å². The van der Waals surface area contributed by atoms with Gasteiger partial charge in [-0.1, -0.05) is 42.4 Å². The van der Waals surface area contributed by atoms with Gasteiger partial charge in [-0.3, -0.25) is 4.90 Å². The van der Waals surface area contributed by atoms with Gasteiger partial charge in [0, 0.05) is 6.54 Å². The zero-order valence-corrected chi connectivity index (χ0v) is 9.80. The predicted molar refractivity (Wildman–Crippen MR) is 65.4 cm³/mol. The van der Waals surface area contributed by atoms with Gasteiger partial charge in [-0.15, -0.1) is 0 Å². The molecule has 0 bridgehead atoms. The van der Waals surface area contributed by atoms with Gasteiger partial charge >= 0.3 is 0 Å². The van der Waals surface area contributed by atoms with Crippen LogP contribution >= 0.6 is 0 Å². The van der Waals surface area contributed by atoms with Crippen LogP contribution in [-0.2, 0) is 6.54 Å². The van der Waals surface area contributed by atoms with Crippen molar-refractivity contribution in [3.8, 4) is 0 Å². The second-order valence-corrected chi connectivity index (χ2v) is 3.75. The molecule has 4 heteroatoms. The lowest BCUT2D eigenvalue weighted by atomic mass is 10.1. The molecule has 0 fully saturated rings. The third-order valence-corrected chi connectivity index (χ3v) is 2.73. The Balaban J connectivity index is 2.69. The van der Waals surface area contributed by atoms with Gasteiger partial charge in [-0.2, -0.15) is 0 Å². The van der Waals surface area contributed by atoms with E-state index in [1.54, 1.807) is 0 Å². The zero-order valence-electron chi connectivity index (χ0n) is 9.80. The molecule has 0 aromatic heterocycles. The van der Waals surface area contributed by atoms with Gasteiger partial charge in [-0.05, 0) is 19.0 Å². The first-order chi connectivity index (χ1) is 7.69. The third-order valence-electron chi connectivity index (χ3n) is 2.73. The first-order valence-corrected chi connectivity index (χ1v) is 5.44. The Morgan fingerprint density at radius 1 is 1.44 bits per heavy atom. The average Bonchev–Trinajstić information content (AvgIpc) is 2.35. The van der Waals surface area contributed by atoms with Gasteiger partial charge < -0.3 is 10.9 Å². The van der Waals surface area contributed by atoms with Crippen LogP contribution in [0.1, 0.15) is 19.4 Å². The van der Waals surface area contributed by atoms with Crippen LogP contribution in [0, 0.1) is 0 Å². The van der Waals surface area contributed by atoms with E-state index in [0.717, 1.165) is 13.1 Å². The fourth-order valence-electron chi connectivity index (χ4n) is 1.61. The quantitative estimate of drug-likeness (QED) is 0.344. The highest BCUT2D eigenvalue weighted by molar-refractivity contribution is 5.84. The number of hydrogen-bond donors (Lipinski definition) is 2. The summed E-state index contributed by atoms with van der Waals surface area (Å²) in [6, 6.07) is 10.1. The Morgan fingerprint density at radius 3 is 2.56 bits per heavy atom. The Kier molecular flexibility index (Phi) is 4.79. The van der Waals surface area contributed by atoms with Crippen LogP contribution in [0.4, 0.5) is 0 Å². The fourth-order valence-corrected chi connectivity index (χ4v) is 1.61. The molecule has 3 N–H and O–H groups in total. The number of rotatable bonds is 5. The Morgan fingerprint density at radius 2 is 2.06 bits per heavy atom. The van der Waals surface area contributed by atoms with Crippen molar-refractivity contribution in [2.75, 3.05) is 6.54 Å². The molecule has 0 saturated heterocycles. The molecule has 0 aliphatic carbocycles. The number of hydrogen-bond acceptors (Lipinski definition) is 3. The van der Waals surface area contributed by atoms with Crippen molar-refractivity contribution in [2.24, 2.45) is 10.9 Å². The van der Waals surface area contributed by atoms with Crippen molar-refractivity contribution in [3.63, 3.8) is 0 Å². The molecule has 4 nitrogen and oxygen atoms in total. The molecule has 0 amide bonds. The first-order valence-electron chi connectivity index (χ1n) is 5.44. The molecule has 1 atom stereocenters. The van der Waals surface area contributed by atoms with Gasteiger partial charge in [0.1, 0.15) is 0 Å². The number of amidine groups is 1. The molecule has 0 radical (unpaired) electrons. The van der Waals surface area contributed by atoms with E-state index in [4.69, 9.17) is 10.9 Å². The van der Waals surface area contributed by atoms with Crippen molar-refractivity contribution >= 4 is 5.84 Å². The minimum atomic E-state index is -0.0600. The van der Waals surface area contributed by atoms with Crippen LogP contribution in [0.15, 0.2) is 35.5 Å². The van der Waals surface area contributed by atoms with Crippen LogP contribution in [0.2, 0.25) is 0 Å². The second kappa shape index (κ2) is 6.12. The summed E-state index contributed by atoms with van der Waals surface area (Å²) in [6.45, 7) is 5.65. The molecule has 0 spiro atoms. The van der Waals surface area contributed by atoms with Crippen LogP contribution < -0.4 is 5.73 Å². The van der Waals surface area contributed by atoms with Crippen molar-refractivity contribution in [3.05, 3.63) is 35.9 Å². The molecule has 0 aliphatic heterocycles. The van der Waals surface area contributed by atoms with Crippen LogP contribution in [0.5, 0.6) is 0 Å². The summed E-state index contributed by atoms with van der Waals surface area (Å²) in [5.74, 6) is 0.248. The molecule has 16 heavy (non-hydrogen) atoms. The van der Waals surface area contributed by atoms with E-state index in [1.165, 1.54) is 5.56 Å². The maximum atomic E-state index is 8.65. The minimum Gasteiger partial charge on any atom is -0.409 e. The predicted octanol–water partition coefficient (Wildman–Crippen LogP) is 1.64. The summed E-state index contributed by atoms with van der Waals surface area (Å²) in [7, 11) is 0. The van der Waals surface area contributed by atoms with Crippen molar-refractivity contribution < 1.29 is 5.21 Å². The Bertz CT molecular complexity index is 337. The van der Waals surface area contributed by atoms with Gasteiger partial charge in [0.05, 0.1) is 6.04 Å². The fraction of sp³-hybridized carbons (Fsp3) is 0.417. The largest absolute Gasteiger partial charge is 0.409 e. The van der Waals surface area contributed by atoms with Gasteiger partial charge in [0.15, 0.2) is 5.84 Å². The molecular formula is C12H19N3O. The summed E-state index contributed by atoms with van der Waals surface area (Å²) >= 11 is 0. The summed E-state index contributed by atoms with van der Waals surface area (Å²) in [6.07, 6.45) is 0. The molecule has 0 heterocycles. The summed E-state index contributed by atoms with van der Waals surface area (Å²) in [4.78, 5) is 2.14. The van der Waals surface area contributed by atoms with Crippen molar-refractivity contribution in [2.45, 2.75) is 26.4 Å². The van der Waals surface area contributed by atoms with E-state index in [9.17, 15) is 0 Å². The maximum Gasteiger partial charge on any atom is 0.156 e. The van der Waals surface area contributed by atoms with Gasteiger partial charge in [0.2, 0.25) is 0 Å². The van der Waals surface area contributed by atoms with E-state index >= 15 is 0 Å². The number of likely N-dealkylation sites (N-methyl/N-ethyl adjacent to an activating group) is 1.